The predicted octanol–water partition coefficient (Wildman–Crippen LogP) is 1.76. The number of hydrogen-bond acceptors (Lipinski definition) is 4. The number of hydrogen-bond donors (Lipinski definition) is 1. The summed E-state index contributed by atoms with van der Waals surface area (Å²) in [6.45, 7) is 2.19. The fourth-order valence-electron chi connectivity index (χ4n) is 1.92. The van der Waals surface area contributed by atoms with Gasteiger partial charge in [-0.3, -0.25) is 4.79 Å². The van der Waals surface area contributed by atoms with E-state index in [2.05, 4.69) is 15.9 Å². The van der Waals surface area contributed by atoms with Crippen molar-refractivity contribution in [2.24, 2.45) is 0 Å². The van der Waals surface area contributed by atoms with Crippen molar-refractivity contribution in [3.63, 3.8) is 0 Å². The van der Waals surface area contributed by atoms with E-state index in [1.165, 1.54) is 6.08 Å². The number of carboxylic acids is 1. The summed E-state index contributed by atoms with van der Waals surface area (Å²) in [5, 5.41) is 8.55. The van der Waals surface area contributed by atoms with Crippen LogP contribution in [-0.4, -0.2) is 47.2 Å². The molecule has 1 amide bonds. The smallest absolute Gasteiger partial charge is 0.329 e. The zero-order valence-corrected chi connectivity index (χ0v) is 12.4. The standard InChI is InChI=1S/C13H14BrNO5/c1-13(19-6-12(17)18)7-15(8-13)11(16)5-3-9-2-4-10(14)20-9/h2-5H,6-8H2,1H3,(H,17,18)/b5-3+. The fraction of sp³-hybridized carbons (Fsp3) is 0.385. The number of carbonyl (C=O) groups is 2. The Morgan fingerprint density at radius 1 is 1.55 bits per heavy atom. The van der Waals surface area contributed by atoms with Gasteiger partial charge >= 0.3 is 5.97 Å². The van der Waals surface area contributed by atoms with E-state index in [0.717, 1.165) is 0 Å². The lowest BCUT2D eigenvalue weighted by molar-refractivity contribution is -0.170. The molecular formula is C13H14BrNO5. The van der Waals surface area contributed by atoms with E-state index in [0.29, 0.717) is 23.5 Å². The van der Waals surface area contributed by atoms with Crippen LogP contribution in [0.25, 0.3) is 6.08 Å². The van der Waals surface area contributed by atoms with Gasteiger partial charge in [0, 0.05) is 6.08 Å². The highest BCUT2D eigenvalue weighted by atomic mass is 79.9. The molecule has 1 aromatic rings. The van der Waals surface area contributed by atoms with Gasteiger partial charge in [-0.25, -0.2) is 4.79 Å². The molecule has 1 N–H and O–H groups in total. The second-order valence-electron chi connectivity index (χ2n) is 4.80. The summed E-state index contributed by atoms with van der Waals surface area (Å²) < 4.78 is 11.1. The SMILES string of the molecule is CC1(OCC(=O)O)CN(C(=O)/C=C/c2ccc(Br)o2)C1. The molecule has 7 heteroatoms. The summed E-state index contributed by atoms with van der Waals surface area (Å²) >= 11 is 3.18. The van der Waals surface area contributed by atoms with Crippen molar-refractivity contribution >= 4 is 33.9 Å². The Labute approximate surface area is 124 Å². The van der Waals surface area contributed by atoms with Crippen molar-refractivity contribution in [3.8, 4) is 0 Å². The number of aliphatic carboxylic acids is 1. The number of likely N-dealkylation sites (tertiary alicyclic amines) is 1. The lowest BCUT2D eigenvalue weighted by Gasteiger charge is -2.46. The van der Waals surface area contributed by atoms with Crippen molar-refractivity contribution in [3.05, 3.63) is 28.6 Å². The lowest BCUT2D eigenvalue weighted by Crippen LogP contribution is -2.63. The molecule has 1 aromatic heterocycles. The third-order valence-electron chi connectivity index (χ3n) is 2.89. The third kappa shape index (κ3) is 3.71. The van der Waals surface area contributed by atoms with Crippen molar-refractivity contribution in [2.45, 2.75) is 12.5 Å². The van der Waals surface area contributed by atoms with Crippen LogP contribution in [0, 0.1) is 0 Å². The number of carbonyl (C=O) groups excluding carboxylic acids is 1. The van der Waals surface area contributed by atoms with Crippen LogP contribution in [0.4, 0.5) is 0 Å². The highest BCUT2D eigenvalue weighted by Crippen LogP contribution is 2.25. The molecule has 0 atom stereocenters. The molecule has 6 nitrogen and oxygen atoms in total. The number of nitrogens with zero attached hydrogens (tertiary/aromatic N) is 1. The van der Waals surface area contributed by atoms with Gasteiger partial charge in [-0.05, 0) is 41.1 Å². The van der Waals surface area contributed by atoms with E-state index in [1.807, 2.05) is 0 Å². The average molecular weight is 344 g/mol. The normalized spacial score (nSPS) is 17.2. The summed E-state index contributed by atoms with van der Waals surface area (Å²) in [5.74, 6) is -0.594. The third-order valence-corrected chi connectivity index (χ3v) is 3.32. The molecule has 0 aromatic carbocycles. The largest absolute Gasteiger partial charge is 0.480 e. The first kappa shape index (κ1) is 14.8. The Kier molecular flexibility index (Phi) is 4.29. The summed E-state index contributed by atoms with van der Waals surface area (Å²) in [6.07, 6.45) is 3.00. The molecular weight excluding hydrogens is 330 g/mol. The van der Waals surface area contributed by atoms with Gasteiger partial charge in [-0.15, -0.1) is 0 Å². The maximum absolute atomic E-state index is 11.8. The van der Waals surface area contributed by atoms with Crippen LogP contribution in [0.3, 0.4) is 0 Å². The van der Waals surface area contributed by atoms with E-state index in [9.17, 15) is 9.59 Å². The molecule has 2 heterocycles. The van der Waals surface area contributed by atoms with Gasteiger partial charge in [-0.1, -0.05) is 0 Å². The minimum absolute atomic E-state index is 0.158. The van der Waals surface area contributed by atoms with Gasteiger partial charge in [0.2, 0.25) is 5.91 Å². The molecule has 0 unspecified atom stereocenters. The van der Waals surface area contributed by atoms with E-state index in [1.54, 1.807) is 30.0 Å². The molecule has 0 radical (unpaired) electrons. The zero-order chi connectivity index (χ0) is 14.8. The Morgan fingerprint density at radius 3 is 2.80 bits per heavy atom. The molecule has 0 aliphatic carbocycles. The number of halogens is 1. The number of furan rings is 1. The van der Waals surface area contributed by atoms with Crippen LogP contribution in [-0.2, 0) is 14.3 Å². The van der Waals surface area contributed by atoms with E-state index in [4.69, 9.17) is 14.3 Å². The van der Waals surface area contributed by atoms with Crippen molar-refractivity contribution < 1.29 is 23.8 Å². The average Bonchev–Trinajstić information content (AvgIpc) is 2.76. The van der Waals surface area contributed by atoms with E-state index in [-0.39, 0.29) is 12.5 Å². The first-order valence-corrected chi connectivity index (χ1v) is 6.75. The number of carboxylic acid groups (broad SMARTS) is 1. The predicted molar refractivity (Wildman–Crippen MR) is 74.0 cm³/mol. The number of rotatable bonds is 5. The molecule has 0 bridgehead atoms. The molecule has 1 fully saturated rings. The zero-order valence-electron chi connectivity index (χ0n) is 10.8. The highest BCUT2D eigenvalue weighted by Gasteiger charge is 2.42. The van der Waals surface area contributed by atoms with Crippen molar-refractivity contribution in [1.82, 2.24) is 4.90 Å². The van der Waals surface area contributed by atoms with Crippen LogP contribution in [0.1, 0.15) is 12.7 Å². The minimum atomic E-state index is -1.01. The summed E-state index contributed by atoms with van der Waals surface area (Å²) in [4.78, 5) is 23.9. The van der Waals surface area contributed by atoms with Crippen LogP contribution < -0.4 is 0 Å². The van der Waals surface area contributed by atoms with Gasteiger partial charge < -0.3 is 19.2 Å². The molecule has 20 heavy (non-hydrogen) atoms. The first-order chi connectivity index (χ1) is 9.38. The Hall–Kier alpha value is -1.60. The van der Waals surface area contributed by atoms with Crippen LogP contribution in [0.15, 0.2) is 27.3 Å². The van der Waals surface area contributed by atoms with Crippen molar-refractivity contribution in [1.29, 1.82) is 0 Å². The van der Waals surface area contributed by atoms with E-state index >= 15 is 0 Å². The second kappa shape index (κ2) is 5.80. The maximum atomic E-state index is 11.8. The molecule has 1 aliphatic heterocycles. The lowest BCUT2D eigenvalue weighted by atomic mass is 9.96. The first-order valence-electron chi connectivity index (χ1n) is 5.96. The van der Waals surface area contributed by atoms with Crippen LogP contribution in [0.2, 0.25) is 0 Å². The molecule has 0 spiro atoms. The summed E-state index contributed by atoms with van der Waals surface area (Å²) in [7, 11) is 0. The molecule has 108 valence electrons. The van der Waals surface area contributed by atoms with Crippen LogP contribution in [0.5, 0.6) is 0 Å². The summed E-state index contributed by atoms with van der Waals surface area (Å²) in [6, 6.07) is 3.48. The number of amides is 1. The highest BCUT2D eigenvalue weighted by molar-refractivity contribution is 9.10. The number of ether oxygens (including phenoxy) is 1. The Balaban J connectivity index is 1.81. The molecule has 2 rings (SSSR count). The summed E-state index contributed by atoms with van der Waals surface area (Å²) in [5.41, 5.74) is -0.574. The second-order valence-corrected chi connectivity index (χ2v) is 5.58. The topological polar surface area (TPSA) is 80.0 Å². The fourth-order valence-corrected chi connectivity index (χ4v) is 2.24. The van der Waals surface area contributed by atoms with Crippen LogP contribution >= 0.6 is 15.9 Å². The molecule has 0 saturated carbocycles. The maximum Gasteiger partial charge on any atom is 0.329 e. The molecule has 1 aliphatic rings. The van der Waals surface area contributed by atoms with Gasteiger partial charge in [0.1, 0.15) is 18.0 Å². The quantitative estimate of drug-likeness (QED) is 0.824. The van der Waals surface area contributed by atoms with E-state index < -0.39 is 11.6 Å². The van der Waals surface area contributed by atoms with Gasteiger partial charge in [-0.2, -0.15) is 0 Å². The Morgan fingerprint density at radius 2 is 2.25 bits per heavy atom. The van der Waals surface area contributed by atoms with Gasteiger partial charge in [0.15, 0.2) is 4.67 Å². The van der Waals surface area contributed by atoms with Gasteiger partial charge in [0.25, 0.3) is 0 Å². The monoisotopic (exact) mass is 343 g/mol. The Bertz CT molecular complexity index is 545. The van der Waals surface area contributed by atoms with Gasteiger partial charge in [0.05, 0.1) is 13.1 Å². The minimum Gasteiger partial charge on any atom is -0.480 e. The molecule has 1 saturated heterocycles. The van der Waals surface area contributed by atoms with Crippen molar-refractivity contribution in [2.75, 3.05) is 19.7 Å².